The molecule has 1 unspecified atom stereocenters. The fraction of sp³-hybridized carbons (Fsp3) is 0.538. The number of nitrogens with two attached hydrogens (primary N) is 1. The summed E-state index contributed by atoms with van der Waals surface area (Å²) in [5.74, 6) is 0.599. The zero-order valence-electron chi connectivity index (χ0n) is 12.0. The van der Waals surface area contributed by atoms with Crippen molar-refractivity contribution in [1.29, 1.82) is 0 Å². The lowest BCUT2D eigenvalue weighted by Gasteiger charge is -2.14. The highest BCUT2D eigenvalue weighted by Gasteiger charge is 2.17. The minimum Gasteiger partial charge on any atom is -0.495 e. The lowest BCUT2D eigenvalue weighted by atomic mass is 10.1. The minimum atomic E-state index is -3.69. The van der Waals surface area contributed by atoms with Gasteiger partial charge in [0.05, 0.1) is 23.8 Å². The molecule has 1 atom stereocenters. The van der Waals surface area contributed by atoms with Gasteiger partial charge in [-0.1, -0.05) is 13.8 Å². The molecule has 0 aliphatic heterocycles. The van der Waals surface area contributed by atoms with Crippen molar-refractivity contribution in [3.05, 3.63) is 18.2 Å². The van der Waals surface area contributed by atoms with E-state index in [4.69, 9.17) is 10.5 Å². The third kappa shape index (κ3) is 4.66. The van der Waals surface area contributed by atoms with Gasteiger partial charge in [-0.25, -0.2) is 13.1 Å². The highest BCUT2D eigenvalue weighted by Crippen LogP contribution is 2.24. The van der Waals surface area contributed by atoms with Gasteiger partial charge in [0.25, 0.3) is 0 Å². The first-order chi connectivity index (χ1) is 9.26. The number of anilines is 1. The van der Waals surface area contributed by atoms with Crippen LogP contribution in [0.15, 0.2) is 23.1 Å². The molecular weight excluding hydrogens is 280 g/mol. The summed E-state index contributed by atoms with van der Waals surface area (Å²) in [5, 5.41) is 9.70. The Balaban J connectivity index is 2.79. The summed E-state index contributed by atoms with van der Waals surface area (Å²) in [6, 6.07) is 4.22. The van der Waals surface area contributed by atoms with Gasteiger partial charge in [-0.15, -0.1) is 0 Å². The van der Waals surface area contributed by atoms with E-state index in [-0.39, 0.29) is 11.4 Å². The molecule has 0 heterocycles. The largest absolute Gasteiger partial charge is 0.495 e. The Labute approximate surface area is 120 Å². The van der Waals surface area contributed by atoms with E-state index in [9.17, 15) is 13.5 Å². The number of ether oxygens (including phenoxy) is 1. The second kappa shape index (κ2) is 6.92. The van der Waals surface area contributed by atoms with Crippen molar-refractivity contribution in [2.45, 2.75) is 31.3 Å². The monoisotopic (exact) mass is 302 g/mol. The van der Waals surface area contributed by atoms with E-state index in [1.807, 2.05) is 13.8 Å². The molecule has 4 N–H and O–H groups in total. The fourth-order valence-electron chi connectivity index (χ4n) is 1.78. The van der Waals surface area contributed by atoms with Crippen molar-refractivity contribution in [1.82, 2.24) is 4.72 Å². The van der Waals surface area contributed by atoms with Crippen LogP contribution in [0.25, 0.3) is 0 Å². The lowest BCUT2D eigenvalue weighted by molar-refractivity contribution is 0.152. The minimum absolute atomic E-state index is 0.0206. The van der Waals surface area contributed by atoms with E-state index in [1.165, 1.54) is 25.3 Å². The van der Waals surface area contributed by atoms with E-state index < -0.39 is 16.1 Å². The van der Waals surface area contributed by atoms with E-state index in [1.54, 1.807) is 0 Å². The number of aliphatic hydroxyl groups excluding tert-OH is 1. The Bertz CT molecular complexity index is 543. The number of hydrogen-bond acceptors (Lipinski definition) is 5. The van der Waals surface area contributed by atoms with Crippen molar-refractivity contribution in [3.63, 3.8) is 0 Å². The highest BCUT2D eigenvalue weighted by molar-refractivity contribution is 7.89. The van der Waals surface area contributed by atoms with Gasteiger partial charge in [0.2, 0.25) is 10.0 Å². The number of rotatable bonds is 7. The number of methoxy groups -OCH3 is 1. The van der Waals surface area contributed by atoms with Gasteiger partial charge < -0.3 is 15.6 Å². The molecule has 1 aromatic rings. The van der Waals surface area contributed by atoms with Crippen molar-refractivity contribution < 1.29 is 18.3 Å². The molecule has 0 fully saturated rings. The molecular formula is C13H22N2O4S. The summed E-state index contributed by atoms with van der Waals surface area (Å²) < 4.78 is 31.5. The third-order valence-corrected chi connectivity index (χ3v) is 4.19. The van der Waals surface area contributed by atoms with Crippen molar-refractivity contribution in [3.8, 4) is 5.75 Å². The standard InChI is InChI=1S/C13H22N2O4S/c1-9(2)6-10(16)8-15-20(17,18)11-4-5-12(14)13(7-11)19-3/h4-5,7,9-10,15-16H,6,8,14H2,1-3H3. The van der Waals surface area contributed by atoms with Crippen LogP contribution in [0.4, 0.5) is 5.69 Å². The summed E-state index contributed by atoms with van der Waals surface area (Å²) in [5.41, 5.74) is 6.01. The van der Waals surface area contributed by atoms with Gasteiger partial charge >= 0.3 is 0 Å². The molecule has 0 saturated heterocycles. The quantitative estimate of drug-likeness (QED) is 0.651. The highest BCUT2D eigenvalue weighted by atomic mass is 32.2. The van der Waals surface area contributed by atoms with E-state index in [2.05, 4.69) is 4.72 Å². The molecule has 0 aliphatic carbocycles. The van der Waals surface area contributed by atoms with Crippen LogP contribution in [-0.4, -0.2) is 33.3 Å². The van der Waals surface area contributed by atoms with Crippen LogP contribution < -0.4 is 15.2 Å². The molecule has 20 heavy (non-hydrogen) atoms. The van der Waals surface area contributed by atoms with Gasteiger partial charge in [-0.3, -0.25) is 0 Å². The Morgan fingerprint density at radius 3 is 2.60 bits per heavy atom. The number of nitrogens with one attached hydrogen (secondary N) is 1. The van der Waals surface area contributed by atoms with Crippen LogP contribution in [0.5, 0.6) is 5.75 Å². The summed E-state index contributed by atoms with van der Waals surface area (Å²) in [7, 11) is -2.27. The lowest BCUT2D eigenvalue weighted by Crippen LogP contribution is -2.32. The predicted molar refractivity (Wildman–Crippen MR) is 78.1 cm³/mol. The fourth-order valence-corrected chi connectivity index (χ4v) is 2.86. The maximum Gasteiger partial charge on any atom is 0.240 e. The van der Waals surface area contributed by atoms with Crippen LogP contribution in [0.1, 0.15) is 20.3 Å². The molecule has 0 saturated carbocycles. The number of hydrogen-bond donors (Lipinski definition) is 3. The second-order valence-electron chi connectivity index (χ2n) is 5.04. The van der Waals surface area contributed by atoms with E-state index >= 15 is 0 Å². The molecule has 0 aromatic heterocycles. The van der Waals surface area contributed by atoms with Gasteiger partial charge in [0, 0.05) is 12.6 Å². The predicted octanol–water partition coefficient (Wildman–Crippen LogP) is 0.963. The van der Waals surface area contributed by atoms with E-state index in [0.29, 0.717) is 23.8 Å². The maximum absolute atomic E-state index is 12.1. The first-order valence-corrected chi connectivity index (χ1v) is 7.86. The number of nitrogen functional groups attached to an aromatic ring is 1. The molecule has 1 rings (SSSR count). The number of sulfonamides is 1. The Morgan fingerprint density at radius 1 is 1.40 bits per heavy atom. The van der Waals surface area contributed by atoms with Gasteiger partial charge in [-0.05, 0) is 24.5 Å². The second-order valence-corrected chi connectivity index (χ2v) is 6.81. The molecule has 6 nitrogen and oxygen atoms in total. The summed E-state index contributed by atoms with van der Waals surface area (Å²) in [6.45, 7) is 3.90. The van der Waals surface area contributed by atoms with Gasteiger partial charge in [0.1, 0.15) is 5.75 Å². The van der Waals surface area contributed by atoms with Crippen LogP contribution in [0.3, 0.4) is 0 Å². The average molecular weight is 302 g/mol. The molecule has 7 heteroatoms. The Hall–Kier alpha value is -1.31. The van der Waals surface area contributed by atoms with Crippen molar-refractivity contribution in [2.75, 3.05) is 19.4 Å². The molecule has 114 valence electrons. The Kier molecular flexibility index (Phi) is 5.79. The summed E-state index contributed by atoms with van der Waals surface area (Å²) in [6.07, 6.45) is -0.173. The SMILES string of the molecule is COc1cc(S(=O)(=O)NCC(O)CC(C)C)ccc1N. The smallest absolute Gasteiger partial charge is 0.240 e. The first kappa shape index (κ1) is 16.7. The zero-order valence-corrected chi connectivity index (χ0v) is 12.8. The van der Waals surface area contributed by atoms with Crippen LogP contribution in [-0.2, 0) is 10.0 Å². The molecule has 1 aromatic carbocycles. The molecule has 0 bridgehead atoms. The summed E-state index contributed by atoms with van der Waals surface area (Å²) >= 11 is 0. The molecule has 0 amide bonds. The third-order valence-electron chi connectivity index (χ3n) is 2.77. The van der Waals surface area contributed by atoms with Gasteiger partial charge in [0.15, 0.2) is 0 Å². The topological polar surface area (TPSA) is 102 Å². The maximum atomic E-state index is 12.1. The first-order valence-electron chi connectivity index (χ1n) is 6.37. The number of aliphatic hydroxyl groups is 1. The van der Waals surface area contributed by atoms with Crippen molar-refractivity contribution >= 4 is 15.7 Å². The molecule has 0 radical (unpaired) electrons. The molecule has 0 spiro atoms. The summed E-state index contributed by atoms with van der Waals surface area (Å²) in [4.78, 5) is 0.0558. The zero-order chi connectivity index (χ0) is 15.3. The molecule has 0 aliphatic rings. The van der Waals surface area contributed by atoms with Crippen molar-refractivity contribution in [2.24, 2.45) is 5.92 Å². The van der Waals surface area contributed by atoms with Crippen LogP contribution in [0, 0.1) is 5.92 Å². The van der Waals surface area contributed by atoms with Gasteiger partial charge in [-0.2, -0.15) is 0 Å². The van der Waals surface area contributed by atoms with Crippen LogP contribution in [0.2, 0.25) is 0 Å². The van der Waals surface area contributed by atoms with Crippen LogP contribution >= 0.6 is 0 Å². The average Bonchev–Trinajstić information content (AvgIpc) is 2.36. The number of benzene rings is 1. The Morgan fingerprint density at radius 2 is 2.05 bits per heavy atom. The van der Waals surface area contributed by atoms with E-state index in [0.717, 1.165) is 0 Å². The normalized spacial score (nSPS) is 13.4.